The highest BCUT2D eigenvalue weighted by atomic mass is 32.2. The van der Waals surface area contributed by atoms with Gasteiger partial charge in [0.25, 0.3) is 10.0 Å². The summed E-state index contributed by atoms with van der Waals surface area (Å²) >= 11 is 0. The van der Waals surface area contributed by atoms with E-state index in [0.717, 1.165) is 12.1 Å². The average molecular weight is 265 g/mol. The maximum absolute atomic E-state index is 13.2. The molecule has 1 rings (SSSR count). The Hall–Kier alpha value is -1.05. The van der Waals surface area contributed by atoms with Crippen molar-refractivity contribution in [3.8, 4) is 0 Å². The van der Waals surface area contributed by atoms with Crippen LogP contribution in [0.1, 0.15) is 20.8 Å². The van der Waals surface area contributed by atoms with E-state index in [4.69, 9.17) is 4.84 Å². The van der Waals surface area contributed by atoms with Gasteiger partial charge in [0.05, 0.1) is 5.60 Å². The Morgan fingerprint density at radius 3 is 2.35 bits per heavy atom. The lowest BCUT2D eigenvalue weighted by Crippen LogP contribution is -2.34. The summed E-state index contributed by atoms with van der Waals surface area (Å²) in [4.78, 5) is 5.78. The predicted octanol–water partition coefficient (Wildman–Crippen LogP) is 1.97. The quantitative estimate of drug-likeness (QED) is 0.850. The van der Waals surface area contributed by atoms with Gasteiger partial charge in [0.1, 0.15) is 16.5 Å². The average Bonchev–Trinajstić information content (AvgIpc) is 2.18. The highest BCUT2D eigenvalue weighted by Crippen LogP contribution is 2.16. The minimum Gasteiger partial charge on any atom is -0.281 e. The molecule has 0 amide bonds. The molecule has 1 aromatic carbocycles. The molecule has 17 heavy (non-hydrogen) atoms. The molecule has 0 aliphatic heterocycles. The van der Waals surface area contributed by atoms with Crippen molar-refractivity contribution in [1.82, 2.24) is 4.89 Å². The fourth-order valence-corrected chi connectivity index (χ4v) is 1.95. The number of rotatable bonds is 3. The van der Waals surface area contributed by atoms with Gasteiger partial charge in [0, 0.05) is 0 Å². The zero-order valence-electron chi connectivity index (χ0n) is 9.62. The first-order chi connectivity index (χ1) is 7.62. The smallest absolute Gasteiger partial charge is 0.265 e. The predicted molar refractivity (Wildman–Crippen MR) is 57.5 cm³/mol. The van der Waals surface area contributed by atoms with Crippen LogP contribution in [-0.2, 0) is 14.9 Å². The van der Waals surface area contributed by atoms with Gasteiger partial charge in [-0.2, -0.15) is 0 Å². The van der Waals surface area contributed by atoms with Crippen molar-refractivity contribution >= 4 is 10.0 Å². The Balaban J connectivity index is 3.02. The van der Waals surface area contributed by atoms with Gasteiger partial charge in [-0.25, -0.2) is 17.2 Å². The van der Waals surface area contributed by atoms with E-state index in [1.54, 1.807) is 25.7 Å². The number of hydrogen-bond donors (Lipinski definition) is 1. The van der Waals surface area contributed by atoms with Crippen LogP contribution in [0.2, 0.25) is 0 Å². The van der Waals surface area contributed by atoms with Crippen LogP contribution < -0.4 is 4.89 Å². The Bertz CT molecular complexity index is 509. The van der Waals surface area contributed by atoms with Gasteiger partial charge >= 0.3 is 0 Å². The Kier molecular flexibility index (Phi) is 3.85. The highest BCUT2D eigenvalue weighted by molar-refractivity contribution is 7.89. The summed E-state index contributed by atoms with van der Waals surface area (Å²) in [5.41, 5.74) is -0.781. The van der Waals surface area contributed by atoms with E-state index in [2.05, 4.69) is 0 Å². The highest BCUT2D eigenvalue weighted by Gasteiger charge is 2.23. The Labute approximate surface area is 98.6 Å². The first-order valence-corrected chi connectivity index (χ1v) is 6.25. The molecule has 0 radical (unpaired) electrons. The second-order valence-electron chi connectivity index (χ2n) is 4.38. The summed E-state index contributed by atoms with van der Waals surface area (Å²) in [6.07, 6.45) is 0. The molecule has 4 nitrogen and oxygen atoms in total. The molecule has 0 fully saturated rings. The molecule has 1 aromatic rings. The van der Waals surface area contributed by atoms with E-state index in [1.165, 1.54) is 0 Å². The maximum atomic E-state index is 13.2. The second-order valence-corrected chi connectivity index (χ2v) is 5.99. The van der Waals surface area contributed by atoms with Crippen LogP contribution in [0.3, 0.4) is 0 Å². The molecule has 0 aromatic heterocycles. The van der Waals surface area contributed by atoms with Gasteiger partial charge in [-0.05, 0) is 39.0 Å². The molecule has 7 heteroatoms. The van der Waals surface area contributed by atoms with Crippen LogP contribution in [0.5, 0.6) is 0 Å². The van der Waals surface area contributed by atoms with Gasteiger partial charge in [-0.1, -0.05) is 4.89 Å². The molecule has 0 saturated heterocycles. The van der Waals surface area contributed by atoms with Crippen LogP contribution >= 0.6 is 0 Å². The first kappa shape index (κ1) is 14.0. The topological polar surface area (TPSA) is 55.4 Å². The van der Waals surface area contributed by atoms with E-state index in [9.17, 15) is 17.2 Å². The lowest BCUT2D eigenvalue weighted by Gasteiger charge is -2.19. The number of hydrogen-bond acceptors (Lipinski definition) is 3. The van der Waals surface area contributed by atoms with Crippen molar-refractivity contribution in [2.24, 2.45) is 0 Å². The summed E-state index contributed by atoms with van der Waals surface area (Å²) in [6.45, 7) is 4.83. The van der Waals surface area contributed by atoms with E-state index in [-0.39, 0.29) is 0 Å². The molecule has 96 valence electrons. The molecule has 0 atom stereocenters. The molecular formula is C10H13F2NO3S. The lowest BCUT2D eigenvalue weighted by atomic mass is 10.2. The molecule has 0 spiro atoms. The van der Waals surface area contributed by atoms with Gasteiger partial charge in [-0.3, -0.25) is 4.84 Å². The van der Waals surface area contributed by atoms with Crippen LogP contribution in [0.15, 0.2) is 23.1 Å². The molecule has 0 saturated carbocycles. The first-order valence-electron chi connectivity index (χ1n) is 4.77. The summed E-state index contributed by atoms with van der Waals surface area (Å²) in [7, 11) is -4.23. The summed E-state index contributed by atoms with van der Waals surface area (Å²) in [6, 6.07) is 2.16. The summed E-state index contributed by atoms with van der Waals surface area (Å²) in [5.74, 6) is -1.89. The van der Waals surface area contributed by atoms with Crippen molar-refractivity contribution < 1.29 is 22.0 Å². The third-order valence-corrected chi connectivity index (χ3v) is 2.83. The molecule has 0 aliphatic carbocycles. The second kappa shape index (κ2) is 4.67. The zero-order valence-corrected chi connectivity index (χ0v) is 10.4. The van der Waals surface area contributed by atoms with E-state index < -0.39 is 32.2 Å². The van der Waals surface area contributed by atoms with Crippen LogP contribution in [0, 0.1) is 11.6 Å². The number of halogens is 2. The Morgan fingerprint density at radius 1 is 1.24 bits per heavy atom. The van der Waals surface area contributed by atoms with Crippen molar-refractivity contribution in [3.63, 3.8) is 0 Å². The van der Waals surface area contributed by atoms with Crippen molar-refractivity contribution in [2.75, 3.05) is 0 Å². The number of nitrogens with one attached hydrogen (secondary N) is 1. The fraction of sp³-hybridized carbons (Fsp3) is 0.400. The maximum Gasteiger partial charge on any atom is 0.265 e. The largest absolute Gasteiger partial charge is 0.281 e. The van der Waals surface area contributed by atoms with Crippen LogP contribution in [0.4, 0.5) is 8.78 Å². The molecular weight excluding hydrogens is 252 g/mol. The third-order valence-electron chi connectivity index (χ3n) is 1.64. The summed E-state index contributed by atoms with van der Waals surface area (Å²) in [5, 5.41) is 0. The number of sulfonamides is 1. The number of benzene rings is 1. The van der Waals surface area contributed by atoms with E-state index >= 15 is 0 Å². The molecule has 0 unspecified atom stereocenters. The fourth-order valence-electron chi connectivity index (χ4n) is 0.908. The van der Waals surface area contributed by atoms with Crippen LogP contribution in [-0.4, -0.2) is 14.0 Å². The zero-order chi connectivity index (χ0) is 13.3. The molecule has 0 heterocycles. The van der Waals surface area contributed by atoms with Crippen molar-refractivity contribution in [1.29, 1.82) is 0 Å². The van der Waals surface area contributed by atoms with Gasteiger partial charge in [0.15, 0.2) is 0 Å². The molecule has 0 aliphatic rings. The third kappa shape index (κ3) is 4.03. The monoisotopic (exact) mass is 265 g/mol. The van der Waals surface area contributed by atoms with Gasteiger partial charge in [0.2, 0.25) is 0 Å². The minimum absolute atomic E-state index is 0.587. The van der Waals surface area contributed by atoms with Gasteiger partial charge in [-0.15, -0.1) is 0 Å². The van der Waals surface area contributed by atoms with E-state index in [0.29, 0.717) is 6.07 Å². The molecule has 0 bridgehead atoms. The van der Waals surface area contributed by atoms with E-state index in [1.807, 2.05) is 0 Å². The van der Waals surface area contributed by atoms with Gasteiger partial charge < -0.3 is 0 Å². The van der Waals surface area contributed by atoms with Crippen molar-refractivity contribution in [3.05, 3.63) is 29.8 Å². The normalized spacial score (nSPS) is 12.8. The molecule has 1 N–H and O–H groups in total. The summed E-state index contributed by atoms with van der Waals surface area (Å²) < 4.78 is 49.3. The Morgan fingerprint density at radius 2 is 1.82 bits per heavy atom. The van der Waals surface area contributed by atoms with Crippen molar-refractivity contribution in [2.45, 2.75) is 31.3 Å². The minimum atomic E-state index is -4.23. The SMILES string of the molecule is CC(C)(C)ONS(=O)(=O)c1cc(F)ccc1F. The van der Waals surface area contributed by atoms with Crippen LogP contribution in [0.25, 0.3) is 0 Å². The lowest BCUT2D eigenvalue weighted by molar-refractivity contribution is -0.0358. The standard InChI is InChI=1S/C10H13F2NO3S/c1-10(2,3)16-13-17(14,15)9-6-7(11)4-5-8(9)12/h4-6,13H,1-3H3.